The zero-order valence-electron chi connectivity index (χ0n) is 17.7. The van der Waals surface area contributed by atoms with E-state index in [1.807, 2.05) is 11.5 Å². The number of halogens is 4. The summed E-state index contributed by atoms with van der Waals surface area (Å²) in [6.07, 6.45) is -0.465. The van der Waals surface area contributed by atoms with E-state index in [1.54, 1.807) is 24.4 Å². The molecule has 34 heavy (non-hydrogen) atoms. The number of rotatable bonds is 3. The van der Waals surface area contributed by atoms with Crippen LogP contribution < -0.4 is 0 Å². The fourth-order valence-electron chi connectivity index (χ4n) is 4.61. The third-order valence-corrected chi connectivity index (χ3v) is 7.72. The van der Waals surface area contributed by atoms with Gasteiger partial charge in [0.2, 0.25) is 6.43 Å². The number of alkyl halides is 2. The molecule has 0 saturated heterocycles. The number of hydrogen-bond donors (Lipinski definition) is 0. The summed E-state index contributed by atoms with van der Waals surface area (Å²) in [5, 5.41) is 17.7. The summed E-state index contributed by atoms with van der Waals surface area (Å²) in [6, 6.07) is 7.44. The van der Waals surface area contributed by atoms with Crippen LogP contribution in [0.2, 0.25) is 5.02 Å². The molecule has 0 N–H and O–H groups in total. The Labute approximate surface area is 201 Å². The second-order valence-electron chi connectivity index (χ2n) is 8.26. The van der Waals surface area contributed by atoms with Gasteiger partial charge in [0.05, 0.1) is 16.3 Å². The minimum Gasteiger partial charge on any atom is -0.273 e. The highest BCUT2D eigenvalue weighted by atomic mass is 35.5. The molecule has 1 aliphatic carbocycles. The third kappa shape index (κ3) is 3.19. The molecule has 6 rings (SSSR count). The Morgan fingerprint density at radius 1 is 1.09 bits per heavy atom. The standard InChI is InChI=1S/C23H16ClF3N6S/c1-10-21-31-32-22(15-6-3-7-28-30-15)33(21)23-17(12-8-11(20(26)27)9-16(12)34-23)19(29-10)18-13(24)4-2-5-14(18)25/h2-7,10-11,20H,8-9H2,1H3/t10-,11+/m0/s1. The van der Waals surface area contributed by atoms with Crippen LogP contribution in [0, 0.1) is 11.7 Å². The molecule has 3 aromatic heterocycles. The molecule has 0 spiro atoms. The summed E-state index contributed by atoms with van der Waals surface area (Å²) in [5.41, 5.74) is 2.35. The number of aromatic nitrogens is 5. The fraction of sp³-hybridized carbons (Fsp3) is 0.261. The predicted octanol–water partition coefficient (Wildman–Crippen LogP) is 5.47. The van der Waals surface area contributed by atoms with Crippen molar-refractivity contribution < 1.29 is 13.2 Å². The van der Waals surface area contributed by atoms with Crippen LogP contribution in [0.3, 0.4) is 0 Å². The molecule has 0 fully saturated rings. The molecule has 4 heterocycles. The van der Waals surface area contributed by atoms with Crippen molar-refractivity contribution in [2.45, 2.75) is 32.2 Å². The summed E-state index contributed by atoms with van der Waals surface area (Å²) in [5.74, 6) is -0.323. The molecule has 0 amide bonds. The molecule has 0 saturated carbocycles. The molecule has 1 aromatic carbocycles. The van der Waals surface area contributed by atoms with Gasteiger partial charge in [0.1, 0.15) is 22.6 Å². The number of nitrogens with zero attached hydrogens (tertiary/aromatic N) is 6. The predicted molar refractivity (Wildman–Crippen MR) is 123 cm³/mol. The second kappa shape index (κ2) is 7.99. The molecule has 172 valence electrons. The average Bonchev–Trinajstić information content (AvgIpc) is 3.49. The quantitative estimate of drug-likeness (QED) is 0.374. The van der Waals surface area contributed by atoms with Crippen molar-refractivity contribution in [2.24, 2.45) is 10.9 Å². The smallest absolute Gasteiger partial charge is 0.242 e. The van der Waals surface area contributed by atoms with Crippen LogP contribution in [-0.4, -0.2) is 37.1 Å². The highest BCUT2D eigenvalue weighted by Gasteiger charge is 2.39. The van der Waals surface area contributed by atoms with Gasteiger partial charge in [-0.3, -0.25) is 9.56 Å². The van der Waals surface area contributed by atoms with Crippen LogP contribution in [0.4, 0.5) is 13.2 Å². The number of aliphatic imine (C=N–C) groups is 1. The van der Waals surface area contributed by atoms with E-state index in [9.17, 15) is 8.78 Å². The highest BCUT2D eigenvalue weighted by molar-refractivity contribution is 7.15. The van der Waals surface area contributed by atoms with Crippen molar-refractivity contribution in [1.29, 1.82) is 0 Å². The summed E-state index contributed by atoms with van der Waals surface area (Å²) < 4.78 is 44.2. The largest absolute Gasteiger partial charge is 0.273 e. The first kappa shape index (κ1) is 21.4. The molecular formula is C23H16ClF3N6S. The van der Waals surface area contributed by atoms with E-state index >= 15 is 4.39 Å². The van der Waals surface area contributed by atoms with Gasteiger partial charge in [-0.2, -0.15) is 5.10 Å². The Hall–Kier alpha value is -3.11. The maximum Gasteiger partial charge on any atom is 0.242 e. The number of thiophene rings is 1. The zero-order valence-corrected chi connectivity index (χ0v) is 19.3. The molecule has 2 aliphatic rings. The molecule has 4 aromatic rings. The van der Waals surface area contributed by atoms with Crippen LogP contribution in [0.15, 0.2) is 41.5 Å². The van der Waals surface area contributed by atoms with Gasteiger partial charge in [0, 0.05) is 22.6 Å². The summed E-state index contributed by atoms with van der Waals surface area (Å²) in [6.45, 7) is 1.83. The number of fused-ring (bicyclic) bond motifs is 5. The first-order valence-corrected chi connectivity index (χ1v) is 11.8. The minimum absolute atomic E-state index is 0.151. The first-order valence-electron chi connectivity index (χ1n) is 10.6. The first-order chi connectivity index (χ1) is 16.4. The van der Waals surface area contributed by atoms with Gasteiger partial charge < -0.3 is 0 Å². The van der Waals surface area contributed by atoms with Crippen LogP contribution in [0.5, 0.6) is 0 Å². The lowest BCUT2D eigenvalue weighted by Crippen LogP contribution is -2.14. The summed E-state index contributed by atoms with van der Waals surface area (Å²) in [7, 11) is 0. The molecule has 2 atom stereocenters. The SMILES string of the molecule is C[C@@H]1N=C(c2c(F)cccc2Cl)c2c(sc3c2C[C@@H](C(F)F)C3)-n2c(-c3cccnn3)nnc21. The molecule has 0 radical (unpaired) electrons. The Morgan fingerprint density at radius 2 is 1.94 bits per heavy atom. The van der Waals surface area contributed by atoms with E-state index in [-0.39, 0.29) is 23.4 Å². The maximum absolute atomic E-state index is 15.1. The van der Waals surface area contributed by atoms with Gasteiger partial charge in [0.25, 0.3) is 0 Å². The molecule has 0 unspecified atom stereocenters. The van der Waals surface area contributed by atoms with E-state index in [2.05, 4.69) is 20.4 Å². The maximum atomic E-state index is 15.1. The van der Waals surface area contributed by atoms with Gasteiger partial charge in [-0.25, -0.2) is 13.2 Å². The topological polar surface area (TPSA) is 68.8 Å². The fourth-order valence-corrected chi connectivity index (χ4v) is 6.30. The average molecular weight is 501 g/mol. The minimum atomic E-state index is -2.45. The molecule has 1 aliphatic heterocycles. The van der Waals surface area contributed by atoms with E-state index in [0.717, 1.165) is 10.4 Å². The Balaban J connectivity index is 1.65. The lowest BCUT2D eigenvalue weighted by Gasteiger charge is -2.14. The van der Waals surface area contributed by atoms with E-state index < -0.39 is 24.2 Å². The monoisotopic (exact) mass is 500 g/mol. The number of benzene rings is 1. The van der Waals surface area contributed by atoms with Gasteiger partial charge in [-0.05, 0) is 49.6 Å². The highest BCUT2D eigenvalue weighted by Crippen LogP contribution is 2.46. The number of hydrogen-bond acceptors (Lipinski definition) is 6. The summed E-state index contributed by atoms with van der Waals surface area (Å²) >= 11 is 7.83. The van der Waals surface area contributed by atoms with Gasteiger partial charge >= 0.3 is 0 Å². The van der Waals surface area contributed by atoms with E-state index in [1.165, 1.54) is 23.5 Å². The third-order valence-electron chi connectivity index (χ3n) is 6.17. The van der Waals surface area contributed by atoms with Gasteiger partial charge in [-0.15, -0.1) is 26.6 Å². The van der Waals surface area contributed by atoms with Gasteiger partial charge in [0.15, 0.2) is 11.6 Å². The Morgan fingerprint density at radius 3 is 2.68 bits per heavy atom. The van der Waals surface area contributed by atoms with Crippen LogP contribution in [0.1, 0.15) is 40.4 Å². The van der Waals surface area contributed by atoms with E-state index in [4.69, 9.17) is 16.6 Å². The molecular weight excluding hydrogens is 485 g/mol. The second-order valence-corrected chi connectivity index (χ2v) is 9.75. The van der Waals surface area contributed by atoms with Crippen molar-refractivity contribution >= 4 is 28.6 Å². The van der Waals surface area contributed by atoms with Crippen molar-refractivity contribution in [2.75, 3.05) is 0 Å². The summed E-state index contributed by atoms with van der Waals surface area (Å²) in [4.78, 5) is 5.66. The Bertz CT molecular complexity index is 1430. The van der Waals surface area contributed by atoms with Crippen LogP contribution in [0.25, 0.3) is 16.5 Å². The van der Waals surface area contributed by atoms with Crippen molar-refractivity contribution in [3.8, 4) is 16.5 Å². The van der Waals surface area contributed by atoms with Crippen LogP contribution in [-0.2, 0) is 12.8 Å². The van der Waals surface area contributed by atoms with Crippen molar-refractivity contribution in [3.63, 3.8) is 0 Å². The molecule has 11 heteroatoms. The van der Waals surface area contributed by atoms with Crippen molar-refractivity contribution in [1.82, 2.24) is 25.0 Å². The lowest BCUT2D eigenvalue weighted by molar-refractivity contribution is 0.0826. The van der Waals surface area contributed by atoms with Crippen LogP contribution >= 0.6 is 22.9 Å². The lowest BCUT2D eigenvalue weighted by atomic mass is 9.97. The zero-order chi connectivity index (χ0) is 23.6. The van der Waals surface area contributed by atoms with Crippen molar-refractivity contribution in [3.05, 3.63) is 74.8 Å². The Kier molecular flexibility index (Phi) is 5.03. The van der Waals surface area contributed by atoms with Gasteiger partial charge in [-0.1, -0.05) is 17.7 Å². The molecule has 6 nitrogen and oxygen atoms in total. The molecule has 0 bridgehead atoms. The normalized spacial score (nSPS) is 18.9. The van der Waals surface area contributed by atoms with E-state index in [0.29, 0.717) is 33.6 Å².